The maximum Gasteiger partial charge on any atom is 0.139 e. The fraction of sp³-hybridized carbons (Fsp3) is 0.929. The Kier molecular flexibility index (Phi) is 4.73. The van der Waals surface area contributed by atoms with Crippen LogP contribution >= 0.6 is 0 Å². The molecule has 0 aliphatic carbocycles. The predicted octanol–water partition coefficient (Wildman–Crippen LogP) is 2.02. The summed E-state index contributed by atoms with van der Waals surface area (Å²) in [4.78, 5) is 16.7. The van der Waals surface area contributed by atoms with Crippen LogP contribution in [-0.4, -0.2) is 54.3 Å². The lowest BCUT2D eigenvalue weighted by Gasteiger charge is -2.42. The summed E-state index contributed by atoms with van der Waals surface area (Å²) in [6, 6.07) is 1.17. The van der Waals surface area contributed by atoms with Crippen LogP contribution in [0.3, 0.4) is 0 Å². The predicted molar refractivity (Wildman–Crippen MR) is 72.2 cm³/mol. The third-order valence-electron chi connectivity index (χ3n) is 3.93. The lowest BCUT2D eigenvalue weighted by atomic mass is 9.89. The molecule has 3 heteroatoms. The van der Waals surface area contributed by atoms with E-state index >= 15 is 0 Å². The van der Waals surface area contributed by atoms with Crippen LogP contribution < -0.4 is 0 Å². The molecule has 0 bridgehead atoms. The maximum absolute atomic E-state index is 11.9. The van der Waals surface area contributed by atoms with Crippen molar-refractivity contribution in [1.82, 2.24) is 9.80 Å². The molecule has 1 fully saturated rings. The SMILES string of the molecule is CC1CN(CCC(=O)C(C)(C)C)CC(C)N1C. The molecule has 2 atom stereocenters. The van der Waals surface area contributed by atoms with E-state index in [1.165, 1.54) is 0 Å². The molecular weight excluding hydrogens is 212 g/mol. The molecular formula is C14H28N2O. The zero-order valence-corrected chi connectivity index (χ0v) is 12.3. The highest BCUT2D eigenvalue weighted by Gasteiger charge is 2.27. The fourth-order valence-electron chi connectivity index (χ4n) is 2.33. The van der Waals surface area contributed by atoms with E-state index in [0.29, 0.717) is 24.3 Å². The van der Waals surface area contributed by atoms with Crippen LogP contribution in [0, 0.1) is 5.41 Å². The van der Waals surface area contributed by atoms with E-state index in [2.05, 4.69) is 30.7 Å². The van der Waals surface area contributed by atoms with Gasteiger partial charge in [0.1, 0.15) is 5.78 Å². The highest BCUT2D eigenvalue weighted by atomic mass is 16.1. The Labute approximate surface area is 106 Å². The highest BCUT2D eigenvalue weighted by molar-refractivity contribution is 5.83. The third-order valence-corrected chi connectivity index (χ3v) is 3.93. The third kappa shape index (κ3) is 4.07. The quantitative estimate of drug-likeness (QED) is 0.754. The molecule has 0 radical (unpaired) electrons. The van der Waals surface area contributed by atoms with Gasteiger partial charge in [-0.15, -0.1) is 0 Å². The van der Waals surface area contributed by atoms with Gasteiger partial charge in [0.2, 0.25) is 0 Å². The van der Waals surface area contributed by atoms with Crippen LogP contribution in [0.2, 0.25) is 0 Å². The van der Waals surface area contributed by atoms with Crippen molar-refractivity contribution in [2.45, 2.75) is 53.1 Å². The molecule has 0 aromatic rings. The first kappa shape index (κ1) is 14.7. The summed E-state index contributed by atoms with van der Waals surface area (Å²) in [5.41, 5.74) is -0.191. The van der Waals surface area contributed by atoms with Gasteiger partial charge in [-0.05, 0) is 20.9 Å². The van der Waals surface area contributed by atoms with Crippen LogP contribution in [0.5, 0.6) is 0 Å². The summed E-state index contributed by atoms with van der Waals surface area (Å²) >= 11 is 0. The monoisotopic (exact) mass is 240 g/mol. The molecule has 2 unspecified atom stereocenters. The Hall–Kier alpha value is -0.410. The minimum atomic E-state index is -0.191. The van der Waals surface area contributed by atoms with E-state index in [9.17, 15) is 4.79 Å². The average Bonchev–Trinajstić information content (AvgIpc) is 2.20. The van der Waals surface area contributed by atoms with Crippen molar-refractivity contribution < 1.29 is 4.79 Å². The molecule has 0 aromatic heterocycles. The smallest absolute Gasteiger partial charge is 0.139 e. The van der Waals surface area contributed by atoms with Gasteiger partial charge in [-0.2, -0.15) is 0 Å². The van der Waals surface area contributed by atoms with E-state index in [-0.39, 0.29) is 5.41 Å². The average molecular weight is 240 g/mol. The molecule has 17 heavy (non-hydrogen) atoms. The zero-order valence-electron chi connectivity index (χ0n) is 12.3. The minimum absolute atomic E-state index is 0.191. The second-order valence-electron chi connectivity index (χ2n) is 6.55. The minimum Gasteiger partial charge on any atom is -0.300 e. The number of nitrogens with zero attached hydrogens (tertiary/aromatic N) is 2. The Bertz CT molecular complexity index is 258. The number of likely N-dealkylation sites (N-methyl/N-ethyl adjacent to an activating group) is 1. The molecule has 1 heterocycles. The number of Topliss-reactive ketones (excluding diaryl/α,β-unsaturated/α-hetero) is 1. The fourth-order valence-corrected chi connectivity index (χ4v) is 2.33. The molecule has 1 rings (SSSR count). The Morgan fingerprint density at radius 1 is 1.18 bits per heavy atom. The van der Waals surface area contributed by atoms with E-state index in [0.717, 1.165) is 19.6 Å². The van der Waals surface area contributed by atoms with Crippen molar-refractivity contribution in [3.8, 4) is 0 Å². The second kappa shape index (κ2) is 5.49. The number of carbonyl (C=O) groups excluding carboxylic acids is 1. The van der Waals surface area contributed by atoms with Crippen LogP contribution in [0.15, 0.2) is 0 Å². The highest BCUT2D eigenvalue weighted by Crippen LogP contribution is 2.18. The molecule has 1 saturated heterocycles. The molecule has 1 aliphatic heterocycles. The summed E-state index contributed by atoms with van der Waals surface area (Å²) in [6.07, 6.45) is 0.687. The largest absolute Gasteiger partial charge is 0.300 e. The first-order chi connectivity index (χ1) is 7.71. The molecule has 0 aromatic carbocycles. The number of piperazine rings is 1. The van der Waals surface area contributed by atoms with Gasteiger partial charge in [-0.3, -0.25) is 14.6 Å². The standard InChI is InChI=1S/C14H28N2O/c1-11-9-16(10-12(2)15(11)6)8-7-13(17)14(3,4)5/h11-12H,7-10H2,1-6H3. The lowest BCUT2D eigenvalue weighted by molar-refractivity contribution is -0.126. The Morgan fingerprint density at radius 3 is 2.06 bits per heavy atom. The van der Waals surface area contributed by atoms with E-state index in [1.54, 1.807) is 0 Å². The summed E-state index contributed by atoms with van der Waals surface area (Å²) in [7, 11) is 2.19. The van der Waals surface area contributed by atoms with Crippen molar-refractivity contribution >= 4 is 5.78 Å². The molecule has 0 saturated carbocycles. The van der Waals surface area contributed by atoms with Gasteiger partial charge >= 0.3 is 0 Å². The van der Waals surface area contributed by atoms with Gasteiger partial charge in [0.05, 0.1) is 0 Å². The Morgan fingerprint density at radius 2 is 1.65 bits per heavy atom. The van der Waals surface area contributed by atoms with Crippen molar-refractivity contribution in [2.75, 3.05) is 26.7 Å². The van der Waals surface area contributed by atoms with Crippen LogP contribution in [0.4, 0.5) is 0 Å². The zero-order chi connectivity index (χ0) is 13.2. The molecule has 1 aliphatic rings. The molecule has 0 amide bonds. The summed E-state index contributed by atoms with van der Waals surface area (Å²) in [5, 5.41) is 0. The number of ketones is 1. The number of rotatable bonds is 3. The summed E-state index contributed by atoms with van der Waals surface area (Å²) in [6.45, 7) is 13.6. The van der Waals surface area contributed by atoms with Gasteiger partial charge in [0, 0.05) is 43.6 Å². The van der Waals surface area contributed by atoms with Gasteiger partial charge in [0.15, 0.2) is 0 Å². The van der Waals surface area contributed by atoms with Crippen LogP contribution in [0.25, 0.3) is 0 Å². The topological polar surface area (TPSA) is 23.6 Å². The van der Waals surface area contributed by atoms with Crippen LogP contribution in [-0.2, 0) is 4.79 Å². The number of carbonyl (C=O) groups is 1. The summed E-state index contributed by atoms with van der Waals surface area (Å²) < 4.78 is 0. The first-order valence-electron chi connectivity index (χ1n) is 6.69. The second-order valence-corrected chi connectivity index (χ2v) is 6.55. The normalized spacial score (nSPS) is 28.4. The number of hydrogen-bond donors (Lipinski definition) is 0. The first-order valence-corrected chi connectivity index (χ1v) is 6.69. The lowest BCUT2D eigenvalue weighted by Crippen LogP contribution is -2.55. The van der Waals surface area contributed by atoms with Crippen molar-refractivity contribution in [3.05, 3.63) is 0 Å². The van der Waals surface area contributed by atoms with Gasteiger partial charge in [0.25, 0.3) is 0 Å². The van der Waals surface area contributed by atoms with Crippen molar-refractivity contribution in [3.63, 3.8) is 0 Å². The van der Waals surface area contributed by atoms with Gasteiger partial charge < -0.3 is 0 Å². The van der Waals surface area contributed by atoms with E-state index in [1.807, 2.05) is 20.8 Å². The maximum atomic E-state index is 11.9. The molecule has 100 valence electrons. The van der Waals surface area contributed by atoms with Crippen molar-refractivity contribution in [1.29, 1.82) is 0 Å². The number of hydrogen-bond acceptors (Lipinski definition) is 3. The Balaban J connectivity index is 2.41. The van der Waals surface area contributed by atoms with Gasteiger partial charge in [-0.1, -0.05) is 20.8 Å². The van der Waals surface area contributed by atoms with Crippen LogP contribution in [0.1, 0.15) is 41.0 Å². The molecule has 0 spiro atoms. The van der Waals surface area contributed by atoms with Gasteiger partial charge in [-0.25, -0.2) is 0 Å². The van der Waals surface area contributed by atoms with E-state index in [4.69, 9.17) is 0 Å². The molecule has 0 N–H and O–H groups in total. The molecule has 3 nitrogen and oxygen atoms in total. The summed E-state index contributed by atoms with van der Waals surface area (Å²) in [5.74, 6) is 0.372. The van der Waals surface area contributed by atoms with E-state index < -0.39 is 0 Å². The van der Waals surface area contributed by atoms with Crippen molar-refractivity contribution in [2.24, 2.45) is 5.41 Å².